The van der Waals surface area contributed by atoms with E-state index in [2.05, 4.69) is 10.4 Å². The van der Waals surface area contributed by atoms with Crippen LogP contribution in [0.5, 0.6) is 0 Å². The monoisotopic (exact) mass is 340 g/mol. The number of amides is 1. The lowest BCUT2D eigenvalue weighted by Gasteiger charge is -2.13. The minimum atomic E-state index is -0.518. The molecule has 1 amide bonds. The summed E-state index contributed by atoms with van der Waals surface area (Å²) in [5, 5.41) is 17.4. The second-order valence-corrected chi connectivity index (χ2v) is 5.53. The number of aromatic nitrogens is 2. The quantitative estimate of drug-likeness (QED) is 0.549. The molecule has 0 aliphatic heterocycles. The fourth-order valence-corrected chi connectivity index (χ4v) is 2.37. The van der Waals surface area contributed by atoms with E-state index in [9.17, 15) is 14.9 Å². The molecule has 8 heteroatoms. The molecule has 0 aliphatic rings. The molecule has 3 aromatic rings. The molecule has 3 rings (SSSR count). The van der Waals surface area contributed by atoms with Crippen molar-refractivity contribution in [1.29, 1.82) is 0 Å². The summed E-state index contributed by atoms with van der Waals surface area (Å²) in [5.41, 5.74) is 0.896. The first-order valence-corrected chi connectivity index (χ1v) is 7.64. The zero-order valence-corrected chi connectivity index (χ0v) is 13.5. The van der Waals surface area contributed by atoms with Gasteiger partial charge in [0.1, 0.15) is 18.2 Å². The first-order chi connectivity index (χ1) is 12.0. The Bertz CT molecular complexity index is 885. The Labute approximate surface area is 143 Å². The Kier molecular flexibility index (Phi) is 4.60. The third-order valence-corrected chi connectivity index (χ3v) is 3.68. The molecule has 0 bridgehead atoms. The fourth-order valence-electron chi connectivity index (χ4n) is 2.37. The predicted octanol–water partition coefficient (Wildman–Crippen LogP) is 2.92. The Morgan fingerprint density at radius 3 is 2.76 bits per heavy atom. The van der Waals surface area contributed by atoms with Crippen LogP contribution >= 0.6 is 0 Å². The lowest BCUT2D eigenvalue weighted by Crippen LogP contribution is -2.26. The molecule has 25 heavy (non-hydrogen) atoms. The van der Waals surface area contributed by atoms with Gasteiger partial charge in [-0.25, -0.2) is 0 Å². The van der Waals surface area contributed by atoms with Crippen LogP contribution in [0.1, 0.15) is 34.8 Å². The van der Waals surface area contributed by atoms with Crippen molar-refractivity contribution in [3.63, 3.8) is 0 Å². The van der Waals surface area contributed by atoms with Gasteiger partial charge in [-0.1, -0.05) is 30.3 Å². The number of carbonyl (C=O) groups is 1. The highest BCUT2D eigenvalue weighted by Crippen LogP contribution is 2.15. The van der Waals surface area contributed by atoms with Crippen LogP contribution in [0.4, 0.5) is 5.69 Å². The minimum absolute atomic E-state index is 0.0961. The molecule has 0 aliphatic carbocycles. The Morgan fingerprint density at radius 1 is 1.32 bits per heavy atom. The van der Waals surface area contributed by atoms with Gasteiger partial charge in [0.15, 0.2) is 5.76 Å². The summed E-state index contributed by atoms with van der Waals surface area (Å²) in [6.07, 6.45) is 2.47. The number of nitrogens with one attached hydrogen (secondary N) is 1. The summed E-state index contributed by atoms with van der Waals surface area (Å²) in [7, 11) is 0. The summed E-state index contributed by atoms with van der Waals surface area (Å²) in [5.74, 6) is 0.337. The first kappa shape index (κ1) is 16.4. The summed E-state index contributed by atoms with van der Waals surface area (Å²) in [4.78, 5) is 22.4. The molecule has 0 saturated carbocycles. The van der Waals surface area contributed by atoms with E-state index in [-0.39, 0.29) is 29.9 Å². The van der Waals surface area contributed by atoms with E-state index in [4.69, 9.17) is 4.42 Å². The second-order valence-electron chi connectivity index (χ2n) is 5.53. The maximum Gasteiger partial charge on any atom is 0.307 e. The van der Waals surface area contributed by atoms with Crippen molar-refractivity contribution in [1.82, 2.24) is 15.1 Å². The highest BCUT2D eigenvalue weighted by atomic mass is 16.6. The molecule has 0 spiro atoms. The van der Waals surface area contributed by atoms with E-state index in [1.165, 1.54) is 10.9 Å². The number of nitrogens with zero attached hydrogens (tertiary/aromatic N) is 3. The fraction of sp³-hybridized carbons (Fsp3) is 0.176. The normalized spacial score (nSPS) is 11.9. The molecule has 1 atom stereocenters. The average molecular weight is 340 g/mol. The van der Waals surface area contributed by atoms with E-state index in [1.54, 1.807) is 12.1 Å². The molecule has 0 radical (unpaired) electrons. The molecule has 0 unspecified atom stereocenters. The van der Waals surface area contributed by atoms with E-state index >= 15 is 0 Å². The number of furan rings is 1. The third kappa shape index (κ3) is 3.92. The van der Waals surface area contributed by atoms with E-state index < -0.39 is 4.92 Å². The van der Waals surface area contributed by atoms with Crippen LogP contribution in [0.2, 0.25) is 0 Å². The lowest BCUT2D eigenvalue weighted by molar-refractivity contribution is -0.385. The van der Waals surface area contributed by atoms with Crippen molar-refractivity contribution < 1.29 is 14.1 Å². The summed E-state index contributed by atoms with van der Waals surface area (Å²) >= 11 is 0. The van der Waals surface area contributed by atoms with Gasteiger partial charge >= 0.3 is 5.69 Å². The van der Waals surface area contributed by atoms with Gasteiger partial charge in [-0.2, -0.15) is 5.10 Å². The molecule has 2 heterocycles. The SMILES string of the molecule is C[C@H](NC(=O)c1ccc(Cn2cc([N+](=O)[O-])cn2)o1)c1ccccc1. The topological polar surface area (TPSA) is 103 Å². The average Bonchev–Trinajstić information content (AvgIpc) is 3.26. The Morgan fingerprint density at radius 2 is 2.08 bits per heavy atom. The van der Waals surface area contributed by atoms with Crippen molar-refractivity contribution in [2.24, 2.45) is 0 Å². The standard InChI is InChI=1S/C17H16N4O4/c1-12(13-5-3-2-4-6-13)19-17(22)16-8-7-15(25-16)11-20-10-14(9-18-20)21(23)24/h2-10,12H,11H2,1H3,(H,19,22)/t12-/m0/s1. The van der Waals surface area contributed by atoms with Gasteiger partial charge in [0.25, 0.3) is 5.91 Å². The van der Waals surface area contributed by atoms with Crippen LogP contribution in [-0.2, 0) is 6.54 Å². The van der Waals surface area contributed by atoms with Crippen LogP contribution < -0.4 is 5.32 Å². The molecular weight excluding hydrogens is 324 g/mol. The molecule has 8 nitrogen and oxygen atoms in total. The molecule has 0 saturated heterocycles. The van der Waals surface area contributed by atoms with Crippen LogP contribution in [0.25, 0.3) is 0 Å². The summed E-state index contributed by atoms with van der Waals surface area (Å²) < 4.78 is 6.89. The van der Waals surface area contributed by atoms with Crippen LogP contribution in [0.3, 0.4) is 0 Å². The van der Waals surface area contributed by atoms with Crippen molar-refractivity contribution in [3.8, 4) is 0 Å². The van der Waals surface area contributed by atoms with Gasteiger partial charge in [0.05, 0.1) is 17.5 Å². The van der Waals surface area contributed by atoms with Crippen molar-refractivity contribution in [2.45, 2.75) is 19.5 Å². The zero-order chi connectivity index (χ0) is 17.8. The van der Waals surface area contributed by atoms with Crippen molar-refractivity contribution in [2.75, 3.05) is 0 Å². The molecule has 1 N–H and O–H groups in total. The van der Waals surface area contributed by atoms with E-state index in [0.29, 0.717) is 5.76 Å². The molecule has 128 valence electrons. The smallest absolute Gasteiger partial charge is 0.307 e. The number of benzene rings is 1. The van der Waals surface area contributed by atoms with Crippen molar-refractivity contribution >= 4 is 11.6 Å². The second kappa shape index (κ2) is 7.00. The Balaban J connectivity index is 1.64. The molecular formula is C17H16N4O4. The number of nitro groups is 1. The maximum atomic E-state index is 12.3. The number of hydrogen-bond donors (Lipinski definition) is 1. The van der Waals surface area contributed by atoms with E-state index in [1.807, 2.05) is 37.3 Å². The Hall–Kier alpha value is -3.42. The van der Waals surface area contributed by atoms with Crippen molar-refractivity contribution in [3.05, 3.63) is 82.1 Å². The van der Waals surface area contributed by atoms with Crippen LogP contribution in [0.15, 0.2) is 59.3 Å². The maximum absolute atomic E-state index is 12.3. The molecule has 0 fully saturated rings. The van der Waals surface area contributed by atoms with E-state index in [0.717, 1.165) is 11.8 Å². The predicted molar refractivity (Wildman–Crippen MR) is 89.0 cm³/mol. The summed E-state index contributed by atoms with van der Waals surface area (Å²) in [6, 6.07) is 12.7. The summed E-state index contributed by atoms with van der Waals surface area (Å²) in [6.45, 7) is 2.09. The van der Waals surface area contributed by atoms with Gasteiger partial charge in [-0.15, -0.1) is 0 Å². The minimum Gasteiger partial charge on any atom is -0.454 e. The largest absolute Gasteiger partial charge is 0.454 e. The molecule has 2 aromatic heterocycles. The molecule has 1 aromatic carbocycles. The van der Waals surface area contributed by atoms with Gasteiger partial charge in [-0.05, 0) is 24.6 Å². The number of rotatable bonds is 6. The van der Waals surface area contributed by atoms with Gasteiger partial charge in [0.2, 0.25) is 0 Å². The third-order valence-electron chi connectivity index (χ3n) is 3.68. The lowest BCUT2D eigenvalue weighted by atomic mass is 10.1. The first-order valence-electron chi connectivity index (χ1n) is 7.64. The van der Waals surface area contributed by atoms with Gasteiger partial charge in [0, 0.05) is 0 Å². The number of hydrogen-bond acceptors (Lipinski definition) is 5. The van der Waals surface area contributed by atoms with Gasteiger partial charge in [-0.3, -0.25) is 19.6 Å². The zero-order valence-electron chi connectivity index (χ0n) is 13.5. The van der Waals surface area contributed by atoms with Gasteiger partial charge < -0.3 is 9.73 Å². The number of carbonyl (C=O) groups excluding carboxylic acids is 1. The van der Waals surface area contributed by atoms with Crippen LogP contribution in [0, 0.1) is 10.1 Å². The highest BCUT2D eigenvalue weighted by Gasteiger charge is 2.16. The van der Waals surface area contributed by atoms with Crippen LogP contribution in [-0.4, -0.2) is 20.6 Å². The highest BCUT2D eigenvalue weighted by molar-refractivity contribution is 5.91.